The number of hydrogen-bond acceptors (Lipinski definition) is 3. The molecule has 84 valence electrons. The molecule has 4 nitrogen and oxygen atoms in total. The third-order valence-corrected chi connectivity index (χ3v) is 2.39. The molecule has 2 aromatic rings. The van der Waals surface area contributed by atoms with Gasteiger partial charge in [-0.15, -0.1) is 0 Å². The average molecular weight is 220 g/mol. The molecular formula is C11H13FN4. The third-order valence-electron chi connectivity index (χ3n) is 2.39. The molecule has 1 heterocycles. The summed E-state index contributed by atoms with van der Waals surface area (Å²) in [5.41, 5.74) is 1.50. The van der Waals surface area contributed by atoms with Crippen molar-refractivity contribution in [2.24, 2.45) is 0 Å². The van der Waals surface area contributed by atoms with Gasteiger partial charge in [-0.3, -0.25) is 0 Å². The van der Waals surface area contributed by atoms with Crippen molar-refractivity contribution in [3.63, 3.8) is 0 Å². The molecule has 1 aromatic heterocycles. The molecule has 0 aliphatic rings. The van der Waals surface area contributed by atoms with Crippen LogP contribution in [0.3, 0.4) is 0 Å². The van der Waals surface area contributed by atoms with E-state index < -0.39 is 0 Å². The van der Waals surface area contributed by atoms with E-state index in [2.05, 4.69) is 15.4 Å². The van der Waals surface area contributed by atoms with Gasteiger partial charge in [0.25, 0.3) is 0 Å². The first-order valence-electron chi connectivity index (χ1n) is 5.12. The lowest BCUT2D eigenvalue weighted by molar-refractivity contribution is 0.625. The summed E-state index contributed by atoms with van der Waals surface area (Å²) in [5.74, 6) is 0.522. The number of anilines is 1. The predicted molar refractivity (Wildman–Crippen MR) is 60.2 cm³/mol. The van der Waals surface area contributed by atoms with Gasteiger partial charge in [-0.1, -0.05) is 6.92 Å². The molecular weight excluding hydrogens is 207 g/mol. The topological polar surface area (TPSA) is 42.7 Å². The monoisotopic (exact) mass is 220 g/mol. The van der Waals surface area contributed by atoms with Crippen molar-refractivity contribution < 1.29 is 4.39 Å². The molecule has 0 saturated heterocycles. The second kappa shape index (κ2) is 4.30. The molecule has 0 unspecified atom stereocenters. The van der Waals surface area contributed by atoms with Gasteiger partial charge >= 0.3 is 0 Å². The fraction of sp³-hybridized carbons (Fsp3) is 0.273. The van der Waals surface area contributed by atoms with E-state index in [4.69, 9.17) is 0 Å². The molecule has 5 heteroatoms. The zero-order valence-electron chi connectivity index (χ0n) is 9.24. The number of nitrogens with one attached hydrogen (secondary N) is 1. The molecule has 0 bridgehead atoms. The highest BCUT2D eigenvalue weighted by molar-refractivity contribution is 5.60. The summed E-state index contributed by atoms with van der Waals surface area (Å²) in [5, 5.41) is 7.11. The third kappa shape index (κ3) is 1.76. The summed E-state index contributed by atoms with van der Waals surface area (Å²) in [4.78, 5) is 4.12. The molecule has 1 N–H and O–H groups in total. The molecule has 2 rings (SSSR count). The number of benzene rings is 1. The van der Waals surface area contributed by atoms with Crippen LogP contribution >= 0.6 is 0 Å². The van der Waals surface area contributed by atoms with Crippen molar-refractivity contribution in [1.82, 2.24) is 14.8 Å². The minimum absolute atomic E-state index is 0.286. The van der Waals surface area contributed by atoms with Crippen molar-refractivity contribution in [2.45, 2.75) is 13.3 Å². The highest BCUT2D eigenvalue weighted by Gasteiger charge is 2.09. The maximum absolute atomic E-state index is 13.2. The number of aryl methyl sites for hydroxylation is 1. The molecule has 0 aliphatic carbocycles. The van der Waals surface area contributed by atoms with Crippen molar-refractivity contribution in [2.75, 3.05) is 12.4 Å². The summed E-state index contributed by atoms with van der Waals surface area (Å²) < 4.78 is 14.9. The largest absolute Gasteiger partial charge is 0.386 e. The summed E-state index contributed by atoms with van der Waals surface area (Å²) in [6.45, 7) is 1.98. The van der Waals surface area contributed by atoms with Crippen LogP contribution in [-0.2, 0) is 6.42 Å². The van der Waals surface area contributed by atoms with Crippen LogP contribution in [0.25, 0.3) is 5.69 Å². The van der Waals surface area contributed by atoms with Crippen LogP contribution in [0, 0.1) is 5.82 Å². The van der Waals surface area contributed by atoms with E-state index in [0.29, 0.717) is 5.69 Å². The number of rotatable bonds is 3. The van der Waals surface area contributed by atoms with Crippen LogP contribution in [-0.4, -0.2) is 21.8 Å². The lowest BCUT2D eigenvalue weighted by atomic mass is 10.2. The van der Waals surface area contributed by atoms with E-state index in [1.165, 1.54) is 18.5 Å². The lowest BCUT2D eigenvalue weighted by Crippen LogP contribution is -2.06. The van der Waals surface area contributed by atoms with Crippen molar-refractivity contribution in [3.05, 3.63) is 36.2 Å². The van der Waals surface area contributed by atoms with Gasteiger partial charge in [0.05, 0.1) is 11.4 Å². The number of halogens is 1. The first-order valence-corrected chi connectivity index (χ1v) is 5.12. The zero-order chi connectivity index (χ0) is 11.5. The van der Waals surface area contributed by atoms with E-state index in [1.54, 1.807) is 17.8 Å². The minimum atomic E-state index is -0.286. The van der Waals surface area contributed by atoms with Crippen LogP contribution < -0.4 is 5.32 Å². The van der Waals surface area contributed by atoms with Gasteiger partial charge in [0.15, 0.2) is 0 Å². The average Bonchev–Trinajstić information content (AvgIpc) is 2.76. The van der Waals surface area contributed by atoms with Crippen molar-refractivity contribution in [1.29, 1.82) is 0 Å². The van der Waals surface area contributed by atoms with Crippen LogP contribution in [0.15, 0.2) is 24.5 Å². The minimum Gasteiger partial charge on any atom is -0.386 e. The highest BCUT2D eigenvalue weighted by atomic mass is 19.1. The smallest absolute Gasteiger partial charge is 0.138 e. The van der Waals surface area contributed by atoms with Gasteiger partial charge in [0.2, 0.25) is 0 Å². The van der Waals surface area contributed by atoms with Gasteiger partial charge in [-0.2, -0.15) is 5.10 Å². The maximum Gasteiger partial charge on any atom is 0.138 e. The Bertz CT molecular complexity index is 492. The van der Waals surface area contributed by atoms with E-state index in [9.17, 15) is 4.39 Å². The Balaban J connectivity index is 2.58. The van der Waals surface area contributed by atoms with Crippen molar-refractivity contribution in [3.8, 4) is 5.69 Å². The summed E-state index contributed by atoms with van der Waals surface area (Å²) in [6, 6.07) is 4.54. The van der Waals surface area contributed by atoms with E-state index in [1.807, 2.05) is 6.92 Å². The Morgan fingerprint density at radius 3 is 2.94 bits per heavy atom. The zero-order valence-corrected chi connectivity index (χ0v) is 9.24. The molecule has 0 amide bonds. The van der Waals surface area contributed by atoms with Crippen LogP contribution in [0.1, 0.15) is 12.7 Å². The standard InChI is InChI=1S/C11H13FN4/c1-3-11-14-7-15-16(11)10-6-8(12)4-5-9(10)13-2/h4-7,13H,3H2,1-2H3. The van der Waals surface area contributed by atoms with Crippen LogP contribution in [0.5, 0.6) is 0 Å². The summed E-state index contributed by atoms with van der Waals surface area (Å²) >= 11 is 0. The van der Waals surface area contributed by atoms with Crippen LogP contribution in [0.4, 0.5) is 10.1 Å². The normalized spacial score (nSPS) is 10.4. The van der Waals surface area contributed by atoms with E-state index in [0.717, 1.165) is 17.9 Å². The second-order valence-corrected chi connectivity index (χ2v) is 3.35. The molecule has 0 aliphatic heterocycles. The first kappa shape index (κ1) is 10.6. The fourth-order valence-corrected chi connectivity index (χ4v) is 1.60. The molecule has 0 saturated carbocycles. The quantitative estimate of drug-likeness (QED) is 0.860. The Morgan fingerprint density at radius 2 is 2.25 bits per heavy atom. The number of hydrogen-bond donors (Lipinski definition) is 1. The molecule has 0 spiro atoms. The van der Waals surface area contributed by atoms with Gasteiger partial charge in [-0.25, -0.2) is 14.1 Å². The Morgan fingerprint density at radius 1 is 1.44 bits per heavy atom. The highest BCUT2D eigenvalue weighted by Crippen LogP contribution is 2.21. The van der Waals surface area contributed by atoms with Gasteiger partial charge in [0.1, 0.15) is 18.0 Å². The fourth-order valence-electron chi connectivity index (χ4n) is 1.60. The summed E-state index contributed by atoms with van der Waals surface area (Å²) in [7, 11) is 1.79. The predicted octanol–water partition coefficient (Wildman–Crippen LogP) is 2.01. The summed E-state index contributed by atoms with van der Waals surface area (Å²) in [6.07, 6.45) is 2.23. The van der Waals surface area contributed by atoms with Crippen molar-refractivity contribution >= 4 is 5.69 Å². The first-order chi connectivity index (χ1) is 7.76. The molecule has 0 fully saturated rings. The van der Waals surface area contributed by atoms with Gasteiger partial charge < -0.3 is 5.32 Å². The van der Waals surface area contributed by atoms with Gasteiger partial charge in [0, 0.05) is 19.5 Å². The van der Waals surface area contributed by atoms with E-state index in [-0.39, 0.29) is 5.82 Å². The maximum atomic E-state index is 13.2. The number of nitrogens with zero attached hydrogens (tertiary/aromatic N) is 3. The molecule has 0 radical (unpaired) electrons. The molecule has 16 heavy (non-hydrogen) atoms. The SMILES string of the molecule is CCc1ncnn1-c1cc(F)ccc1NC. The Labute approximate surface area is 93.1 Å². The Kier molecular flexibility index (Phi) is 2.85. The number of aromatic nitrogens is 3. The lowest BCUT2D eigenvalue weighted by Gasteiger charge is -2.10. The second-order valence-electron chi connectivity index (χ2n) is 3.35. The van der Waals surface area contributed by atoms with Gasteiger partial charge in [-0.05, 0) is 12.1 Å². The van der Waals surface area contributed by atoms with E-state index >= 15 is 0 Å². The van der Waals surface area contributed by atoms with Crippen LogP contribution in [0.2, 0.25) is 0 Å². The molecule has 1 aromatic carbocycles. The Hall–Kier alpha value is -1.91. The molecule has 0 atom stereocenters.